The average molecular weight is 486 g/mol. The number of rotatable bonds is 8. The number of sulfonamides is 1. The Morgan fingerprint density at radius 1 is 1.12 bits per heavy atom. The summed E-state index contributed by atoms with van der Waals surface area (Å²) in [5.74, 6) is 0.379. The van der Waals surface area contributed by atoms with Crippen LogP contribution in [0.4, 0.5) is 0 Å². The SMILES string of the molecule is CCOc1ccccc1-c1noc(COC(=O)c2ccc(C)c(S(=O)(=O)N3CCCCC3)c2)n1. The fourth-order valence-corrected chi connectivity index (χ4v) is 5.58. The third-order valence-electron chi connectivity index (χ3n) is 5.58. The first kappa shape index (κ1) is 23.9. The van der Waals surface area contributed by atoms with E-state index in [1.165, 1.54) is 10.4 Å². The van der Waals surface area contributed by atoms with Crippen molar-refractivity contribution in [3.8, 4) is 17.1 Å². The Hall–Kier alpha value is -3.24. The average Bonchev–Trinajstić information content (AvgIpc) is 3.33. The van der Waals surface area contributed by atoms with Crippen molar-refractivity contribution in [1.82, 2.24) is 14.4 Å². The first-order chi connectivity index (χ1) is 16.4. The Balaban J connectivity index is 1.47. The van der Waals surface area contributed by atoms with Gasteiger partial charge in [0.25, 0.3) is 5.89 Å². The normalized spacial score (nSPS) is 14.6. The molecule has 2 aromatic carbocycles. The maximum absolute atomic E-state index is 13.1. The number of hydrogen-bond donors (Lipinski definition) is 0. The number of hydrogen-bond acceptors (Lipinski definition) is 8. The van der Waals surface area contributed by atoms with E-state index in [1.807, 2.05) is 31.2 Å². The molecule has 1 aliphatic rings. The third kappa shape index (κ3) is 5.13. The number of piperidine rings is 1. The molecule has 0 amide bonds. The molecular formula is C24H27N3O6S. The fraction of sp³-hybridized carbons (Fsp3) is 0.375. The van der Waals surface area contributed by atoms with E-state index in [9.17, 15) is 13.2 Å². The van der Waals surface area contributed by atoms with Crippen LogP contribution in [0.1, 0.15) is 48.0 Å². The van der Waals surface area contributed by atoms with Crippen LogP contribution in [0.5, 0.6) is 5.75 Å². The van der Waals surface area contributed by atoms with E-state index in [0.29, 0.717) is 42.4 Å². The van der Waals surface area contributed by atoms with Gasteiger partial charge in [-0.2, -0.15) is 9.29 Å². The third-order valence-corrected chi connectivity index (χ3v) is 7.62. The Bertz CT molecular complexity index is 1270. The van der Waals surface area contributed by atoms with E-state index < -0.39 is 16.0 Å². The Labute approximate surface area is 198 Å². The zero-order valence-corrected chi connectivity index (χ0v) is 20.0. The van der Waals surface area contributed by atoms with Crippen LogP contribution < -0.4 is 4.74 Å². The number of carbonyl (C=O) groups excluding carboxylic acids is 1. The first-order valence-electron chi connectivity index (χ1n) is 11.2. The maximum atomic E-state index is 13.1. The summed E-state index contributed by atoms with van der Waals surface area (Å²) in [5.41, 5.74) is 1.39. The molecule has 0 spiro atoms. The van der Waals surface area contributed by atoms with Gasteiger partial charge < -0.3 is 14.0 Å². The monoisotopic (exact) mass is 485 g/mol. The van der Waals surface area contributed by atoms with E-state index in [4.69, 9.17) is 14.0 Å². The van der Waals surface area contributed by atoms with Crippen molar-refractivity contribution in [3.63, 3.8) is 0 Å². The number of carbonyl (C=O) groups is 1. The van der Waals surface area contributed by atoms with Gasteiger partial charge in [-0.15, -0.1) is 0 Å². The zero-order chi connectivity index (χ0) is 24.1. The highest BCUT2D eigenvalue weighted by Gasteiger charge is 2.28. The standard InChI is InChI=1S/C24H27N3O6S/c1-3-31-20-10-6-5-9-19(20)23-25-22(33-26-23)16-32-24(28)18-12-11-17(2)21(15-18)34(29,30)27-13-7-4-8-14-27/h5-6,9-12,15H,3-4,7-8,13-14,16H2,1-2H3. The number of aromatic nitrogens is 2. The van der Waals surface area contributed by atoms with Crippen molar-refractivity contribution in [1.29, 1.82) is 0 Å². The summed E-state index contributed by atoms with van der Waals surface area (Å²) in [7, 11) is -3.68. The van der Waals surface area contributed by atoms with Gasteiger partial charge in [0, 0.05) is 13.1 Å². The van der Waals surface area contributed by atoms with Gasteiger partial charge in [-0.1, -0.05) is 29.8 Å². The summed E-state index contributed by atoms with van der Waals surface area (Å²) in [6, 6.07) is 11.8. The molecule has 1 aliphatic heterocycles. The van der Waals surface area contributed by atoms with Gasteiger partial charge in [0.2, 0.25) is 15.8 Å². The van der Waals surface area contributed by atoms with Gasteiger partial charge in [-0.3, -0.25) is 0 Å². The van der Waals surface area contributed by atoms with Crippen LogP contribution in [-0.4, -0.2) is 48.5 Å². The van der Waals surface area contributed by atoms with Crippen LogP contribution in [-0.2, 0) is 21.4 Å². The quantitative estimate of drug-likeness (QED) is 0.441. The zero-order valence-electron chi connectivity index (χ0n) is 19.2. The largest absolute Gasteiger partial charge is 0.493 e. The van der Waals surface area contributed by atoms with Crippen molar-refractivity contribution >= 4 is 16.0 Å². The van der Waals surface area contributed by atoms with Gasteiger partial charge in [0.15, 0.2) is 6.61 Å². The number of benzene rings is 2. The van der Waals surface area contributed by atoms with Gasteiger partial charge in [-0.25, -0.2) is 13.2 Å². The molecule has 3 aromatic rings. The van der Waals surface area contributed by atoms with Crippen molar-refractivity contribution in [2.75, 3.05) is 19.7 Å². The highest BCUT2D eigenvalue weighted by molar-refractivity contribution is 7.89. The number of para-hydroxylation sites is 1. The molecule has 0 saturated carbocycles. The minimum absolute atomic E-state index is 0.114. The maximum Gasteiger partial charge on any atom is 0.338 e. The van der Waals surface area contributed by atoms with Crippen LogP contribution in [0.25, 0.3) is 11.4 Å². The molecular weight excluding hydrogens is 458 g/mol. The molecule has 1 saturated heterocycles. The number of esters is 1. The second kappa shape index (κ2) is 10.4. The summed E-state index contributed by atoms with van der Waals surface area (Å²) in [4.78, 5) is 17.1. The Kier molecular flexibility index (Phi) is 7.28. The van der Waals surface area contributed by atoms with Crippen LogP contribution in [0, 0.1) is 6.92 Å². The van der Waals surface area contributed by atoms with E-state index in [1.54, 1.807) is 19.1 Å². The highest BCUT2D eigenvalue weighted by Crippen LogP contribution is 2.28. The number of nitrogens with zero attached hydrogens (tertiary/aromatic N) is 3. The van der Waals surface area contributed by atoms with Crippen molar-refractivity contribution in [2.45, 2.75) is 44.6 Å². The topological polar surface area (TPSA) is 112 Å². The molecule has 9 nitrogen and oxygen atoms in total. The smallest absolute Gasteiger partial charge is 0.338 e. The lowest BCUT2D eigenvalue weighted by atomic mass is 10.1. The van der Waals surface area contributed by atoms with E-state index in [2.05, 4.69) is 10.1 Å². The summed E-state index contributed by atoms with van der Waals surface area (Å²) in [5, 5.41) is 3.95. The predicted molar refractivity (Wildman–Crippen MR) is 124 cm³/mol. The van der Waals surface area contributed by atoms with E-state index >= 15 is 0 Å². The van der Waals surface area contributed by atoms with Crippen LogP contribution in [0.15, 0.2) is 51.9 Å². The van der Waals surface area contributed by atoms with Crippen LogP contribution in [0.2, 0.25) is 0 Å². The Morgan fingerprint density at radius 3 is 2.65 bits per heavy atom. The van der Waals surface area contributed by atoms with Gasteiger partial charge in [0.1, 0.15) is 5.75 Å². The molecule has 1 fully saturated rings. The number of aryl methyl sites for hydroxylation is 1. The molecule has 0 radical (unpaired) electrons. The predicted octanol–water partition coefficient (Wildman–Crippen LogP) is 3.98. The highest BCUT2D eigenvalue weighted by atomic mass is 32.2. The molecule has 0 aliphatic carbocycles. The second-order valence-electron chi connectivity index (χ2n) is 7.96. The molecule has 1 aromatic heterocycles. The molecule has 10 heteroatoms. The van der Waals surface area contributed by atoms with Crippen molar-refractivity contribution in [2.24, 2.45) is 0 Å². The fourth-order valence-electron chi connectivity index (χ4n) is 3.82. The number of ether oxygens (including phenoxy) is 2. The molecule has 0 atom stereocenters. The Morgan fingerprint density at radius 2 is 1.88 bits per heavy atom. The lowest BCUT2D eigenvalue weighted by Gasteiger charge is -2.26. The molecule has 0 N–H and O–H groups in total. The van der Waals surface area contributed by atoms with Gasteiger partial charge in [0.05, 0.1) is 22.6 Å². The lowest BCUT2D eigenvalue weighted by Crippen LogP contribution is -2.36. The lowest BCUT2D eigenvalue weighted by molar-refractivity contribution is 0.0429. The molecule has 180 valence electrons. The molecule has 34 heavy (non-hydrogen) atoms. The van der Waals surface area contributed by atoms with Crippen molar-refractivity contribution in [3.05, 3.63) is 59.5 Å². The molecule has 2 heterocycles. The second-order valence-corrected chi connectivity index (χ2v) is 9.87. The van der Waals surface area contributed by atoms with E-state index in [0.717, 1.165) is 19.3 Å². The van der Waals surface area contributed by atoms with E-state index in [-0.39, 0.29) is 23.0 Å². The molecule has 0 bridgehead atoms. The minimum atomic E-state index is -3.68. The molecule has 0 unspecified atom stereocenters. The summed E-state index contributed by atoms with van der Waals surface area (Å²) >= 11 is 0. The van der Waals surface area contributed by atoms with Crippen LogP contribution >= 0.6 is 0 Å². The van der Waals surface area contributed by atoms with Crippen LogP contribution in [0.3, 0.4) is 0 Å². The first-order valence-corrected chi connectivity index (χ1v) is 12.7. The summed E-state index contributed by atoms with van der Waals surface area (Å²) in [6.07, 6.45) is 2.69. The minimum Gasteiger partial charge on any atom is -0.493 e. The van der Waals surface area contributed by atoms with Gasteiger partial charge in [-0.05, 0) is 56.5 Å². The molecule has 4 rings (SSSR count). The summed E-state index contributed by atoms with van der Waals surface area (Å²) in [6.45, 7) is 4.82. The van der Waals surface area contributed by atoms with Crippen molar-refractivity contribution < 1.29 is 27.2 Å². The summed E-state index contributed by atoms with van der Waals surface area (Å²) < 4.78 is 43.8. The van der Waals surface area contributed by atoms with Gasteiger partial charge >= 0.3 is 5.97 Å².